The number of aromatic nitrogens is 3. The molecule has 2 aliphatic heterocycles. The minimum atomic E-state index is -0.136. The fourth-order valence-corrected chi connectivity index (χ4v) is 8.81. The van der Waals surface area contributed by atoms with Crippen molar-refractivity contribution in [3.63, 3.8) is 0 Å². The maximum atomic E-state index is 13.3. The number of fused-ring (bicyclic) bond motifs is 2. The molecule has 8 rings (SSSR count). The Balaban J connectivity index is 0.985. The van der Waals surface area contributed by atoms with Gasteiger partial charge in [-0.25, -0.2) is 9.97 Å². The van der Waals surface area contributed by atoms with Crippen LogP contribution in [0.5, 0.6) is 5.88 Å². The van der Waals surface area contributed by atoms with Gasteiger partial charge in [0.1, 0.15) is 5.65 Å². The third kappa shape index (κ3) is 7.84. The van der Waals surface area contributed by atoms with Gasteiger partial charge >= 0.3 is 0 Å². The standard InChI is InChI=1S/C42H43Cl2N7O4/c1-55-41-26(19-45-22-28-9-12-38(52)48-28)16-35(43)36(50-41)17-24-8-11-33-30(24)4-2-6-32(33)34-7-3-5-31(40(34)44)25-14-15-51-37(18-25)47-21-27(42(51)54)20-46-23-29-10-13-39(53)49-29/h2-7,14-16,18,21,24,28-29,45-46H,8-13,17,19-20,22-23H2,1H3,(H,48,52)(H,49,53)/t24-,28-,29-/m1/s1. The van der Waals surface area contributed by atoms with Crippen molar-refractivity contribution in [2.24, 2.45) is 0 Å². The summed E-state index contributed by atoms with van der Waals surface area (Å²) >= 11 is 14.1. The van der Waals surface area contributed by atoms with Crippen molar-refractivity contribution in [3.05, 3.63) is 115 Å². The van der Waals surface area contributed by atoms with E-state index < -0.39 is 0 Å². The van der Waals surface area contributed by atoms with Crippen LogP contribution >= 0.6 is 23.2 Å². The normalized spacial score (nSPS) is 19.1. The van der Waals surface area contributed by atoms with Crippen LogP contribution in [0.15, 0.2) is 71.8 Å². The summed E-state index contributed by atoms with van der Waals surface area (Å²) < 4.78 is 7.25. The van der Waals surface area contributed by atoms with Gasteiger partial charge in [0.05, 0.1) is 22.8 Å². The minimum absolute atomic E-state index is 0.0691. The summed E-state index contributed by atoms with van der Waals surface area (Å²) in [4.78, 5) is 45.9. The Morgan fingerprint density at radius 1 is 0.836 bits per heavy atom. The fourth-order valence-electron chi connectivity index (χ4n) is 8.22. The average molecular weight is 781 g/mol. The Morgan fingerprint density at radius 2 is 1.53 bits per heavy atom. The molecule has 2 aromatic carbocycles. The van der Waals surface area contributed by atoms with Crippen LogP contribution in [0, 0.1) is 0 Å². The zero-order valence-electron chi connectivity index (χ0n) is 30.6. The van der Waals surface area contributed by atoms with Crippen LogP contribution < -0.4 is 31.6 Å². The van der Waals surface area contributed by atoms with Gasteiger partial charge < -0.3 is 26.0 Å². The summed E-state index contributed by atoms with van der Waals surface area (Å²) in [5, 5.41) is 13.9. The summed E-state index contributed by atoms with van der Waals surface area (Å²) in [6, 6.07) is 18.5. The van der Waals surface area contributed by atoms with Crippen LogP contribution in [-0.4, -0.2) is 58.5 Å². The molecule has 3 aliphatic rings. The Kier molecular flexibility index (Phi) is 10.9. The molecule has 4 N–H and O–H groups in total. The van der Waals surface area contributed by atoms with E-state index in [4.69, 9.17) is 32.9 Å². The Morgan fingerprint density at radius 3 is 2.24 bits per heavy atom. The molecule has 2 saturated heterocycles. The molecule has 0 radical (unpaired) electrons. The van der Waals surface area contributed by atoms with Crippen molar-refractivity contribution < 1.29 is 14.3 Å². The molecule has 284 valence electrons. The van der Waals surface area contributed by atoms with Gasteiger partial charge in [-0.15, -0.1) is 0 Å². The second kappa shape index (κ2) is 16.1. The molecule has 55 heavy (non-hydrogen) atoms. The molecule has 0 spiro atoms. The highest BCUT2D eigenvalue weighted by Gasteiger charge is 2.28. The van der Waals surface area contributed by atoms with E-state index in [-0.39, 0.29) is 35.4 Å². The highest BCUT2D eigenvalue weighted by molar-refractivity contribution is 6.36. The highest BCUT2D eigenvalue weighted by atomic mass is 35.5. The SMILES string of the molecule is COc1nc(C[C@H]2CCc3c(-c4cccc(-c5ccn6c(=O)c(CNC[C@H]7CCC(=O)N7)cnc6c5)c4Cl)cccc32)c(Cl)cc1CNC[C@H]1CCC(=O)N1. The number of methoxy groups -OCH3 is 1. The number of ether oxygens (including phenoxy) is 1. The van der Waals surface area contributed by atoms with Crippen molar-refractivity contribution in [1.82, 2.24) is 35.6 Å². The van der Waals surface area contributed by atoms with E-state index in [2.05, 4.69) is 50.5 Å². The lowest BCUT2D eigenvalue weighted by molar-refractivity contribution is -0.120. The van der Waals surface area contributed by atoms with E-state index in [1.54, 1.807) is 23.9 Å². The first-order valence-corrected chi connectivity index (χ1v) is 19.6. The molecule has 1 aliphatic carbocycles. The lowest BCUT2D eigenvalue weighted by Gasteiger charge is -2.17. The van der Waals surface area contributed by atoms with Gasteiger partial charge in [0, 0.05) is 85.8 Å². The van der Waals surface area contributed by atoms with E-state index >= 15 is 0 Å². The lowest BCUT2D eigenvalue weighted by atomic mass is 9.91. The third-order valence-corrected chi connectivity index (χ3v) is 11.8. The van der Waals surface area contributed by atoms with Crippen LogP contribution in [0.2, 0.25) is 10.0 Å². The van der Waals surface area contributed by atoms with Gasteiger partial charge in [0.15, 0.2) is 0 Å². The number of nitrogens with one attached hydrogen (secondary N) is 4. The zero-order valence-corrected chi connectivity index (χ0v) is 32.1. The van der Waals surface area contributed by atoms with Crippen molar-refractivity contribution in [2.75, 3.05) is 20.2 Å². The number of hydrogen-bond donors (Lipinski definition) is 4. The Labute approximate surface area is 329 Å². The summed E-state index contributed by atoms with van der Waals surface area (Å²) in [5.74, 6) is 0.953. The van der Waals surface area contributed by atoms with E-state index in [1.807, 2.05) is 30.3 Å². The molecule has 11 nitrogen and oxygen atoms in total. The molecule has 13 heteroatoms. The van der Waals surface area contributed by atoms with Crippen LogP contribution in [0.25, 0.3) is 27.9 Å². The lowest BCUT2D eigenvalue weighted by Crippen LogP contribution is -2.36. The summed E-state index contributed by atoms with van der Waals surface area (Å²) in [6.07, 6.45) is 8.66. The molecule has 2 fully saturated rings. The maximum Gasteiger partial charge on any atom is 0.262 e. The van der Waals surface area contributed by atoms with Gasteiger partial charge in [-0.3, -0.25) is 18.8 Å². The van der Waals surface area contributed by atoms with Crippen LogP contribution in [-0.2, 0) is 35.5 Å². The molecular weight excluding hydrogens is 737 g/mol. The van der Waals surface area contributed by atoms with E-state index in [1.165, 1.54) is 11.1 Å². The number of carbonyl (C=O) groups is 2. The fraction of sp³-hybridized carbons (Fsp3) is 0.357. The number of benzene rings is 2. The summed E-state index contributed by atoms with van der Waals surface area (Å²) in [6.45, 7) is 2.18. The Bertz CT molecular complexity index is 2350. The predicted octanol–water partition coefficient (Wildman–Crippen LogP) is 5.75. The number of pyridine rings is 2. The Hall–Kier alpha value is -4.81. The minimum Gasteiger partial charge on any atom is -0.481 e. The second-order valence-corrected chi connectivity index (χ2v) is 15.5. The van der Waals surface area contributed by atoms with Crippen LogP contribution in [0.1, 0.15) is 66.0 Å². The molecule has 5 aromatic rings. The number of amides is 2. The highest BCUT2D eigenvalue weighted by Crippen LogP contribution is 2.44. The maximum absolute atomic E-state index is 13.3. The molecule has 0 unspecified atom stereocenters. The largest absolute Gasteiger partial charge is 0.481 e. The van der Waals surface area contributed by atoms with Gasteiger partial charge in [-0.1, -0.05) is 59.6 Å². The van der Waals surface area contributed by atoms with Crippen LogP contribution in [0.4, 0.5) is 0 Å². The number of carbonyl (C=O) groups excluding carboxylic acids is 2. The van der Waals surface area contributed by atoms with Crippen LogP contribution in [0.3, 0.4) is 0 Å². The second-order valence-electron chi connectivity index (χ2n) is 14.7. The smallest absolute Gasteiger partial charge is 0.262 e. The number of halogens is 2. The molecule has 0 bridgehead atoms. The van der Waals surface area contributed by atoms with E-state index in [0.29, 0.717) is 72.6 Å². The van der Waals surface area contributed by atoms with Gasteiger partial charge in [-0.2, -0.15) is 0 Å². The van der Waals surface area contributed by atoms with Crippen molar-refractivity contribution in [2.45, 2.75) is 76.0 Å². The quantitative estimate of drug-likeness (QED) is 0.119. The molecular formula is C42H43Cl2N7O4. The summed E-state index contributed by atoms with van der Waals surface area (Å²) in [7, 11) is 1.63. The van der Waals surface area contributed by atoms with Gasteiger partial charge in [-0.05, 0) is 78.5 Å². The average Bonchev–Trinajstić information content (AvgIpc) is 3.93. The first-order chi connectivity index (χ1) is 26.7. The molecule has 5 heterocycles. The number of rotatable bonds is 13. The van der Waals surface area contributed by atoms with Crippen molar-refractivity contribution in [3.8, 4) is 28.1 Å². The van der Waals surface area contributed by atoms with Gasteiger partial charge in [0.25, 0.3) is 5.56 Å². The van der Waals surface area contributed by atoms with E-state index in [0.717, 1.165) is 59.2 Å². The van der Waals surface area contributed by atoms with Gasteiger partial charge in [0.2, 0.25) is 17.7 Å². The van der Waals surface area contributed by atoms with Crippen molar-refractivity contribution in [1.29, 1.82) is 0 Å². The molecule has 3 atom stereocenters. The number of nitrogens with zero attached hydrogens (tertiary/aromatic N) is 3. The first kappa shape index (κ1) is 37.1. The van der Waals surface area contributed by atoms with Crippen molar-refractivity contribution >= 4 is 40.7 Å². The topological polar surface area (TPSA) is 139 Å². The molecule has 0 saturated carbocycles. The zero-order chi connectivity index (χ0) is 38.1. The summed E-state index contributed by atoms with van der Waals surface area (Å²) in [5.41, 5.74) is 8.97. The first-order valence-electron chi connectivity index (χ1n) is 18.9. The molecule has 2 amide bonds. The predicted molar refractivity (Wildman–Crippen MR) is 214 cm³/mol. The van der Waals surface area contributed by atoms with E-state index in [9.17, 15) is 14.4 Å². The third-order valence-electron chi connectivity index (χ3n) is 11.1. The molecule has 3 aromatic heterocycles. The monoisotopic (exact) mass is 779 g/mol. The number of hydrogen-bond acceptors (Lipinski definition) is 8.